The van der Waals surface area contributed by atoms with E-state index in [1.165, 1.54) is 12.1 Å². The van der Waals surface area contributed by atoms with Gasteiger partial charge in [0.1, 0.15) is 18.0 Å². The van der Waals surface area contributed by atoms with E-state index in [4.69, 9.17) is 31.5 Å². The molecule has 0 amide bonds. The van der Waals surface area contributed by atoms with E-state index in [1.54, 1.807) is 29.1 Å². The zero-order valence-corrected chi connectivity index (χ0v) is 21.7. The van der Waals surface area contributed by atoms with Gasteiger partial charge in [0.25, 0.3) is 0 Å². The van der Waals surface area contributed by atoms with Crippen molar-refractivity contribution in [3.05, 3.63) is 65.5 Å². The molecule has 0 saturated carbocycles. The molecule has 3 aromatic heterocycles. The second-order valence-electron chi connectivity index (χ2n) is 9.03. The van der Waals surface area contributed by atoms with Gasteiger partial charge >= 0.3 is 12.1 Å². The Labute approximate surface area is 233 Å². The molecular weight excluding hydrogens is 572 g/mol. The van der Waals surface area contributed by atoms with Gasteiger partial charge in [-0.25, -0.2) is 19.2 Å². The summed E-state index contributed by atoms with van der Waals surface area (Å²) in [4.78, 5) is 32.6. The molecule has 0 radical (unpaired) electrons. The van der Waals surface area contributed by atoms with Gasteiger partial charge in [-0.3, -0.25) is 4.57 Å². The fourth-order valence-electron chi connectivity index (χ4n) is 4.18. The summed E-state index contributed by atoms with van der Waals surface area (Å²) in [6, 6.07) is 11.7. The maximum Gasteiger partial charge on any atom is 0.490 e. The van der Waals surface area contributed by atoms with Gasteiger partial charge in [0, 0.05) is 18.1 Å². The van der Waals surface area contributed by atoms with E-state index in [-0.39, 0.29) is 5.82 Å². The quantitative estimate of drug-likeness (QED) is 0.219. The highest BCUT2D eigenvalue weighted by molar-refractivity contribution is 6.31. The van der Waals surface area contributed by atoms with Gasteiger partial charge in [0.2, 0.25) is 5.95 Å². The van der Waals surface area contributed by atoms with Crippen LogP contribution in [0.25, 0.3) is 27.9 Å². The van der Waals surface area contributed by atoms with Gasteiger partial charge in [-0.05, 0) is 42.8 Å². The second kappa shape index (κ2) is 11.2. The average Bonchev–Trinajstić information content (AvgIpc) is 3.64. The highest BCUT2D eigenvalue weighted by Crippen LogP contribution is 2.27. The minimum atomic E-state index is -5.08. The lowest BCUT2D eigenvalue weighted by Crippen LogP contribution is -2.24. The van der Waals surface area contributed by atoms with Crippen LogP contribution in [0, 0.1) is 5.82 Å². The Morgan fingerprint density at radius 2 is 1.95 bits per heavy atom. The maximum absolute atomic E-state index is 13.9. The third kappa shape index (κ3) is 6.30. The molecule has 16 heteroatoms. The number of carboxylic acids is 1. The van der Waals surface area contributed by atoms with Gasteiger partial charge in [0.05, 0.1) is 29.4 Å². The molecule has 2 aromatic carbocycles. The molecule has 0 unspecified atom stereocenters. The van der Waals surface area contributed by atoms with Gasteiger partial charge in [0.15, 0.2) is 17.0 Å². The van der Waals surface area contributed by atoms with Crippen LogP contribution in [0.4, 0.5) is 29.3 Å². The Morgan fingerprint density at radius 3 is 2.63 bits per heavy atom. The number of nitrogens with one attached hydrogen (secondary N) is 2. The van der Waals surface area contributed by atoms with Crippen LogP contribution in [0.3, 0.4) is 0 Å². The molecule has 1 aliphatic rings. The van der Waals surface area contributed by atoms with Crippen molar-refractivity contribution in [2.24, 2.45) is 0 Å². The topological polar surface area (TPSA) is 145 Å². The maximum atomic E-state index is 13.9. The molecule has 214 valence electrons. The van der Waals surface area contributed by atoms with E-state index in [9.17, 15) is 22.7 Å². The van der Waals surface area contributed by atoms with Crippen molar-refractivity contribution in [2.45, 2.75) is 25.2 Å². The smallest absolute Gasteiger partial charge is 0.475 e. The average molecular weight is 593 g/mol. The minimum Gasteiger partial charge on any atom is -0.475 e. The van der Waals surface area contributed by atoms with Crippen LogP contribution in [0.15, 0.2) is 48.8 Å². The van der Waals surface area contributed by atoms with E-state index >= 15 is 0 Å². The SMILES string of the molecule is O=C(O)C(F)(F)F.O[C@@H]1CCN(c2nc(NCc3nc4ccc(Cl)cc4[nH]3)c3ncn(-c4cccc(F)c4)c3n2)C1. The van der Waals surface area contributed by atoms with Crippen LogP contribution < -0.4 is 10.2 Å². The Bertz CT molecular complexity index is 1720. The number of hydrogen-bond donors (Lipinski definition) is 4. The number of hydrogen-bond acceptors (Lipinski definition) is 8. The lowest BCUT2D eigenvalue weighted by atomic mass is 10.3. The summed E-state index contributed by atoms with van der Waals surface area (Å²) < 4.78 is 47.4. The number of aliphatic hydroxyl groups excluding tert-OH is 1. The first-order chi connectivity index (χ1) is 19.5. The second-order valence-corrected chi connectivity index (χ2v) is 9.47. The first-order valence-corrected chi connectivity index (χ1v) is 12.5. The van der Waals surface area contributed by atoms with Crippen molar-refractivity contribution in [3.8, 4) is 5.69 Å². The summed E-state index contributed by atoms with van der Waals surface area (Å²) in [5.74, 6) is -1.39. The summed E-state index contributed by atoms with van der Waals surface area (Å²) >= 11 is 6.08. The van der Waals surface area contributed by atoms with Crippen LogP contribution in [0.2, 0.25) is 5.02 Å². The Morgan fingerprint density at radius 1 is 1.17 bits per heavy atom. The van der Waals surface area contributed by atoms with E-state index in [1.807, 2.05) is 17.0 Å². The van der Waals surface area contributed by atoms with Crippen molar-refractivity contribution < 1.29 is 32.6 Å². The number of aromatic nitrogens is 6. The number of aliphatic carboxylic acids is 1. The van der Waals surface area contributed by atoms with Gasteiger partial charge in [-0.15, -0.1) is 0 Å². The summed E-state index contributed by atoms with van der Waals surface area (Å²) in [7, 11) is 0. The van der Waals surface area contributed by atoms with Crippen LogP contribution in [-0.2, 0) is 11.3 Å². The van der Waals surface area contributed by atoms with Gasteiger partial charge < -0.3 is 25.4 Å². The van der Waals surface area contributed by atoms with Crippen molar-refractivity contribution in [3.63, 3.8) is 0 Å². The molecule has 0 aliphatic carbocycles. The number of alkyl halides is 3. The molecule has 41 heavy (non-hydrogen) atoms. The fraction of sp³-hybridized carbons (Fsp3) is 0.240. The molecule has 6 rings (SSSR count). The summed E-state index contributed by atoms with van der Waals surface area (Å²) in [5, 5.41) is 21.1. The number of halogens is 5. The standard InChI is InChI=1S/C23H20ClFN8O.C2HF3O2/c24-13-4-5-17-18(8-13)29-19(28-17)10-26-21-20-22(31-23(30-21)32-7-6-16(34)11-32)33(12-27-20)15-3-1-2-14(25)9-15;3-2(4,5)1(6)7/h1-5,8-9,12,16,34H,6-7,10-11H2,(H,28,29)(H,26,30,31);(H,6,7)/t16-;/m1./s1. The number of nitrogens with zero attached hydrogens (tertiary/aromatic N) is 6. The van der Waals surface area contributed by atoms with Crippen molar-refractivity contribution in [1.82, 2.24) is 29.5 Å². The summed E-state index contributed by atoms with van der Waals surface area (Å²) in [5.41, 5.74) is 3.35. The zero-order valence-electron chi connectivity index (χ0n) is 20.9. The highest BCUT2D eigenvalue weighted by atomic mass is 35.5. The number of carbonyl (C=O) groups is 1. The monoisotopic (exact) mass is 592 g/mol. The lowest BCUT2D eigenvalue weighted by Gasteiger charge is -2.17. The summed E-state index contributed by atoms with van der Waals surface area (Å²) in [6.45, 7) is 1.46. The molecule has 0 spiro atoms. The molecule has 1 atom stereocenters. The number of aliphatic hydroxyl groups is 1. The van der Waals surface area contributed by atoms with Crippen LogP contribution in [0.1, 0.15) is 12.2 Å². The number of fused-ring (bicyclic) bond motifs is 2. The highest BCUT2D eigenvalue weighted by Gasteiger charge is 2.38. The lowest BCUT2D eigenvalue weighted by molar-refractivity contribution is -0.192. The zero-order chi connectivity index (χ0) is 29.3. The largest absolute Gasteiger partial charge is 0.490 e. The minimum absolute atomic E-state index is 0.348. The van der Waals surface area contributed by atoms with E-state index < -0.39 is 18.2 Å². The molecule has 1 saturated heterocycles. The molecule has 4 heterocycles. The van der Waals surface area contributed by atoms with E-state index in [0.29, 0.717) is 65.5 Å². The fourth-order valence-corrected chi connectivity index (χ4v) is 4.35. The van der Waals surface area contributed by atoms with Crippen molar-refractivity contribution >= 4 is 51.5 Å². The Kier molecular flexibility index (Phi) is 7.64. The predicted octanol–water partition coefficient (Wildman–Crippen LogP) is 4.30. The molecular formula is C25H21ClF4N8O3. The number of rotatable bonds is 5. The number of H-pyrrole nitrogens is 1. The van der Waals surface area contributed by atoms with Crippen LogP contribution in [0.5, 0.6) is 0 Å². The molecule has 5 aromatic rings. The van der Waals surface area contributed by atoms with Crippen molar-refractivity contribution in [1.29, 1.82) is 0 Å². The summed E-state index contributed by atoms with van der Waals surface area (Å²) in [6.07, 6.45) is -3.26. The third-order valence-electron chi connectivity index (χ3n) is 6.08. The number of anilines is 2. The molecule has 0 bridgehead atoms. The van der Waals surface area contributed by atoms with Gasteiger partial charge in [-0.1, -0.05) is 17.7 Å². The van der Waals surface area contributed by atoms with Crippen LogP contribution in [-0.4, -0.2) is 71.0 Å². The normalized spacial score (nSPS) is 15.3. The number of aromatic amines is 1. The molecule has 1 fully saturated rings. The molecule has 11 nitrogen and oxygen atoms in total. The third-order valence-corrected chi connectivity index (χ3v) is 6.31. The first kappa shape index (κ1) is 28.0. The van der Waals surface area contributed by atoms with Crippen LogP contribution >= 0.6 is 11.6 Å². The number of benzene rings is 2. The van der Waals surface area contributed by atoms with Gasteiger partial charge in [-0.2, -0.15) is 23.1 Å². The molecule has 4 N–H and O–H groups in total. The Balaban J connectivity index is 0.000000431. The Hall–Kier alpha value is -4.50. The van der Waals surface area contributed by atoms with E-state index in [2.05, 4.69) is 20.3 Å². The van der Waals surface area contributed by atoms with Crippen molar-refractivity contribution in [2.75, 3.05) is 23.3 Å². The predicted molar refractivity (Wildman–Crippen MR) is 142 cm³/mol. The van der Waals surface area contributed by atoms with E-state index in [0.717, 1.165) is 11.0 Å². The number of carboxylic acid groups (broad SMARTS) is 1. The molecule has 1 aliphatic heterocycles. The number of β-amino-alcohol motifs (C(OH)–C–C–N with tert-alkyl or cyclic N) is 1. The number of imidazole rings is 2. The first-order valence-electron chi connectivity index (χ1n) is 12.1.